The number of sulfonamides is 1. The number of piperidine rings is 1. The lowest BCUT2D eigenvalue weighted by atomic mass is 10.0. The predicted octanol–water partition coefficient (Wildman–Crippen LogP) is 1.68. The van der Waals surface area contributed by atoms with E-state index in [1.165, 1.54) is 4.31 Å². The normalized spacial score (nSPS) is 20.6. The van der Waals surface area contributed by atoms with Crippen molar-refractivity contribution in [1.82, 2.24) is 4.31 Å². The minimum absolute atomic E-state index is 0.0783. The van der Waals surface area contributed by atoms with Gasteiger partial charge in [0.15, 0.2) is 0 Å². The van der Waals surface area contributed by atoms with Crippen molar-refractivity contribution in [3.05, 3.63) is 15.8 Å². The maximum Gasteiger partial charge on any atom is 0.347 e. The molecule has 1 aromatic rings. The Bertz CT molecular complexity index is 621. The van der Waals surface area contributed by atoms with Crippen molar-refractivity contribution in [3.8, 4) is 0 Å². The fourth-order valence-electron chi connectivity index (χ4n) is 2.75. The highest BCUT2D eigenvalue weighted by Crippen LogP contribution is 2.33. The van der Waals surface area contributed by atoms with Gasteiger partial charge in [0.1, 0.15) is 9.77 Å². The number of aliphatic hydroxyl groups is 1. The van der Waals surface area contributed by atoms with Crippen molar-refractivity contribution in [3.63, 3.8) is 0 Å². The summed E-state index contributed by atoms with van der Waals surface area (Å²) in [5, 5.41) is 19.9. The Balaban J connectivity index is 2.45. The molecule has 118 valence electrons. The largest absolute Gasteiger partial charge is 0.477 e. The molecule has 21 heavy (non-hydrogen) atoms. The lowest BCUT2D eigenvalue weighted by Crippen LogP contribution is -2.44. The van der Waals surface area contributed by atoms with Crippen molar-refractivity contribution < 1.29 is 23.4 Å². The molecule has 1 aliphatic rings. The molecule has 1 atom stereocenters. The summed E-state index contributed by atoms with van der Waals surface area (Å²) < 4.78 is 27.1. The third kappa shape index (κ3) is 3.13. The molecule has 0 bridgehead atoms. The molecule has 1 aromatic heterocycles. The Morgan fingerprint density at radius 1 is 1.48 bits per heavy atom. The topological polar surface area (TPSA) is 94.9 Å². The summed E-state index contributed by atoms with van der Waals surface area (Å²) in [6.45, 7) is 1.91. The third-order valence-corrected chi connectivity index (χ3v) is 7.07. The molecule has 0 aromatic carbocycles. The van der Waals surface area contributed by atoms with Crippen LogP contribution in [0.25, 0.3) is 0 Å². The summed E-state index contributed by atoms with van der Waals surface area (Å²) >= 11 is 0.935. The van der Waals surface area contributed by atoms with Gasteiger partial charge in [-0.3, -0.25) is 0 Å². The molecule has 1 aliphatic heterocycles. The number of aliphatic hydroxyl groups excluding tert-OH is 1. The second-order valence-electron chi connectivity index (χ2n) is 5.16. The van der Waals surface area contributed by atoms with Crippen LogP contribution < -0.4 is 0 Å². The summed E-state index contributed by atoms with van der Waals surface area (Å²) in [7, 11) is -3.84. The Labute approximate surface area is 128 Å². The van der Waals surface area contributed by atoms with Crippen molar-refractivity contribution in [2.24, 2.45) is 0 Å². The lowest BCUT2D eigenvalue weighted by Gasteiger charge is -2.34. The molecule has 8 heteroatoms. The molecule has 0 amide bonds. The summed E-state index contributed by atoms with van der Waals surface area (Å²) in [4.78, 5) is 11.0. The number of rotatable bonds is 5. The van der Waals surface area contributed by atoms with Gasteiger partial charge in [-0.15, -0.1) is 11.3 Å². The van der Waals surface area contributed by atoms with E-state index in [0.29, 0.717) is 24.9 Å². The number of hydrogen-bond donors (Lipinski definition) is 2. The fourth-order valence-corrected chi connectivity index (χ4v) is 6.06. The van der Waals surface area contributed by atoms with E-state index in [-0.39, 0.29) is 22.4 Å². The van der Waals surface area contributed by atoms with Crippen LogP contribution in [0.5, 0.6) is 0 Å². The standard InChI is InChI=1S/C13H19NO5S2/c1-9-8-20-11(13(16)17)12(9)21(18,19)14-6-3-2-4-10(14)5-7-15/h8,10,15H,2-7H2,1H3,(H,16,17). The van der Waals surface area contributed by atoms with Crippen LogP contribution in [0.1, 0.15) is 40.9 Å². The number of carboxylic acid groups (broad SMARTS) is 1. The Morgan fingerprint density at radius 2 is 2.19 bits per heavy atom. The molecule has 2 N–H and O–H groups in total. The maximum atomic E-state index is 12.9. The average molecular weight is 333 g/mol. The van der Waals surface area contributed by atoms with Crippen LogP contribution in [0.3, 0.4) is 0 Å². The highest BCUT2D eigenvalue weighted by atomic mass is 32.2. The molecule has 2 heterocycles. The van der Waals surface area contributed by atoms with E-state index in [4.69, 9.17) is 5.11 Å². The third-order valence-electron chi connectivity index (χ3n) is 3.71. The van der Waals surface area contributed by atoms with E-state index >= 15 is 0 Å². The molecular weight excluding hydrogens is 314 g/mol. The zero-order valence-corrected chi connectivity index (χ0v) is 13.4. The highest BCUT2D eigenvalue weighted by Gasteiger charge is 2.37. The number of nitrogens with zero attached hydrogens (tertiary/aromatic N) is 1. The first kappa shape index (κ1) is 16.4. The van der Waals surface area contributed by atoms with Crippen molar-refractivity contribution >= 4 is 27.3 Å². The van der Waals surface area contributed by atoms with Gasteiger partial charge < -0.3 is 10.2 Å². The minimum Gasteiger partial charge on any atom is -0.477 e. The molecule has 0 radical (unpaired) electrons. The molecule has 0 spiro atoms. The Kier molecular flexibility index (Phi) is 5.03. The van der Waals surface area contributed by atoms with Crippen molar-refractivity contribution in [2.75, 3.05) is 13.2 Å². The number of hydrogen-bond acceptors (Lipinski definition) is 5. The van der Waals surface area contributed by atoms with Crippen LogP contribution in [-0.4, -0.2) is 48.1 Å². The van der Waals surface area contributed by atoms with Crippen molar-refractivity contribution in [1.29, 1.82) is 0 Å². The van der Waals surface area contributed by atoms with E-state index in [9.17, 15) is 18.3 Å². The molecule has 6 nitrogen and oxygen atoms in total. The van der Waals surface area contributed by atoms with Crippen LogP contribution >= 0.6 is 11.3 Å². The first-order chi connectivity index (χ1) is 9.89. The quantitative estimate of drug-likeness (QED) is 0.855. The van der Waals surface area contributed by atoms with E-state index in [0.717, 1.165) is 24.2 Å². The summed E-state index contributed by atoms with van der Waals surface area (Å²) in [6, 6.07) is -0.255. The van der Waals surface area contributed by atoms with Gasteiger partial charge in [0.2, 0.25) is 10.0 Å². The second-order valence-corrected chi connectivity index (χ2v) is 7.87. The highest BCUT2D eigenvalue weighted by molar-refractivity contribution is 7.89. The summed E-state index contributed by atoms with van der Waals surface area (Å²) in [5.74, 6) is -1.22. The van der Waals surface area contributed by atoms with Gasteiger partial charge in [-0.25, -0.2) is 13.2 Å². The number of thiophene rings is 1. The van der Waals surface area contributed by atoms with Gasteiger partial charge in [0, 0.05) is 19.2 Å². The summed E-state index contributed by atoms with van der Waals surface area (Å²) in [6.07, 6.45) is 2.76. The zero-order valence-electron chi connectivity index (χ0n) is 11.8. The minimum atomic E-state index is -3.84. The first-order valence-corrected chi connectivity index (χ1v) is 9.15. The molecular formula is C13H19NO5S2. The summed E-state index contributed by atoms with van der Waals surface area (Å²) in [5.41, 5.74) is 0.464. The monoisotopic (exact) mass is 333 g/mol. The van der Waals surface area contributed by atoms with Gasteiger partial charge in [-0.2, -0.15) is 4.31 Å². The van der Waals surface area contributed by atoms with Gasteiger partial charge in [0.25, 0.3) is 0 Å². The smallest absolute Gasteiger partial charge is 0.347 e. The van der Waals surface area contributed by atoms with Gasteiger partial charge in [-0.1, -0.05) is 6.42 Å². The fraction of sp³-hybridized carbons (Fsp3) is 0.615. The number of carboxylic acids is 1. The predicted molar refractivity (Wildman–Crippen MR) is 79.2 cm³/mol. The molecule has 0 saturated carbocycles. The van der Waals surface area contributed by atoms with E-state index < -0.39 is 16.0 Å². The lowest BCUT2D eigenvalue weighted by molar-refractivity contribution is 0.0697. The van der Waals surface area contributed by atoms with Crippen LogP contribution in [-0.2, 0) is 10.0 Å². The first-order valence-electron chi connectivity index (χ1n) is 6.83. The number of carbonyl (C=O) groups is 1. The molecule has 1 saturated heterocycles. The molecule has 0 aliphatic carbocycles. The molecule has 1 unspecified atom stereocenters. The average Bonchev–Trinajstić information content (AvgIpc) is 2.82. The maximum absolute atomic E-state index is 12.9. The SMILES string of the molecule is Cc1csc(C(=O)O)c1S(=O)(=O)N1CCCCC1CCO. The van der Waals surface area contributed by atoms with E-state index in [2.05, 4.69) is 0 Å². The Hall–Kier alpha value is -0.960. The molecule has 2 rings (SSSR count). The number of aromatic carboxylic acids is 1. The van der Waals surface area contributed by atoms with Gasteiger partial charge in [-0.05, 0) is 37.1 Å². The molecule has 1 fully saturated rings. The Morgan fingerprint density at radius 3 is 2.81 bits per heavy atom. The van der Waals surface area contributed by atoms with Gasteiger partial charge in [0.05, 0.1) is 0 Å². The second kappa shape index (κ2) is 6.43. The van der Waals surface area contributed by atoms with Gasteiger partial charge >= 0.3 is 5.97 Å². The van der Waals surface area contributed by atoms with Crippen LogP contribution in [0.2, 0.25) is 0 Å². The van der Waals surface area contributed by atoms with E-state index in [1.807, 2.05) is 0 Å². The van der Waals surface area contributed by atoms with Crippen LogP contribution in [0.4, 0.5) is 0 Å². The van der Waals surface area contributed by atoms with Crippen LogP contribution in [0, 0.1) is 6.92 Å². The van der Waals surface area contributed by atoms with Crippen molar-refractivity contribution in [2.45, 2.75) is 43.5 Å². The zero-order chi connectivity index (χ0) is 15.6. The van der Waals surface area contributed by atoms with E-state index in [1.54, 1.807) is 12.3 Å². The van der Waals surface area contributed by atoms with Crippen LogP contribution in [0.15, 0.2) is 10.3 Å². The number of aryl methyl sites for hydroxylation is 1.